The molecule has 110 valence electrons. The van der Waals surface area contributed by atoms with Gasteiger partial charge in [0.1, 0.15) is 0 Å². The molecule has 0 aliphatic rings. The van der Waals surface area contributed by atoms with E-state index in [9.17, 15) is 4.79 Å². The fourth-order valence-electron chi connectivity index (χ4n) is 2.21. The van der Waals surface area contributed by atoms with Crippen LogP contribution >= 0.6 is 0 Å². The smallest absolute Gasteiger partial charge is 0.293 e. The molecule has 1 heterocycles. The Morgan fingerprint density at radius 2 is 1.73 bits per heavy atom. The van der Waals surface area contributed by atoms with Crippen LogP contribution in [0.5, 0.6) is 0 Å². The number of H-pyrrole nitrogens is 1. The third-order valence-electron chi connectivity index (χ3n) is 3.32. The van der Waals surface area contributed by atoms with E-state index in [4.69, 9.17) is 0 Å². The highest BCUT2D eigenvalue weighted by atomic mass is 16.1. The van der Waals surface area contributed by atoms with Gasteiger partial charge in [-0.15, -0.1) is 5.11 Å². The molecule has 1 N–H and O–H groups in total. The van der Waals surface area contributed by atoms with Crippen LogP contribution in [0.4, 0.5) is 11.4 Å². The molecule has 0 radical (unpaired) electrons. The van der Waals surface area contributed by atoms with E-state index in [2.05, 4.69) is 15.3 Å². The van der Waals surface area contributed by atoms with Gasteiger partial charge in [0, 0.05) is 0 Å². The van der Waals surface area contributed by atoms with Crippen molar-refractivity contribution in [3.63, 3.8) is 0 Å². The van der Waals surface area contributed by atoms with Crippen molar-refractivity contribution in [2.45, 2.75) is 13.8 Å². The Morgan fingerprint density at radius 1 is 0.955 bits per heavy atom. The molecule has 2 aromatic carbocycles. The van der Waals surface area contributed by atoms with Crippen LogP contribution in [0.2, 0.25) is 0 Å². The molecule has 0 atom stereocenters. The van der Waals surface area contributed by atoms with Crippen LogP contribution in [-0.4, -0.2) is 9.78 Å². The number of nitrogens with zero attached hydrogens (tertiary/aromatic N) is 3. The van der Waals surface area contributed by atoms with Gasteiger partial charge in [-0.25, -0.2) is 4.68 Å². The molecule has 5 heteroatoms. The van der Waals surface area contributed by atoms with Crippen LogP contribution in [0.25, 0.3) is 5.69 Å². The largest absolute Gasteiger partial charge is 0.299 e. The second-order valence-corrected chi connectivity index (χ2v) is 5.10. The number of benzene rings is 2. The van der Waals surface area contributed by atoms with Gasteiger partial charge in [0.25, 0.3) is 5.56 Å². The second kappa shape index (κ2) is 5.81. The van der Waals surface area contributed by atoms with E-state index < -0.39 is 0 Å². The summed E-state index contributed by atoms with van der Waals surface area (Å²) in [6, 6.07) is 17.1. The van der Waals surface area contributed by atoms with Gasteiger partial charge >= 0.3 is 0 Å². The summed E-state index contributed by atoms with van der Waals surface area (Å²) in [4.78, 5) is 12.5. The first-order valence-corrected chi connectivity index (χ1v) is 7.00. The SMILES string of the molecule is Cc1cccc(-n2[nH]c(C)c(N=Nc3ccccc3)c2=O)c1. The Hall–Kier alpha value is -2.95. The zero-order valence-electron chi connectivity index (χ0n) is 12.4. The Kier molecular flexibility index (Phi) is 3.70. The average Bonchev–Trinajstić information content (AvgIpc) is 2.81. The first-order chi connectivity index (χ1) is 10.6. The highest BCUT2D eigenvalue weighted by molar-refractivity contribution is 5.45. The molecular formula is C17H16N4O. The van der Waals surface area contributed by atoms with Gasteiger partial charge in [-0.3, -0.25) is 9.89 Å². The Morgan fingerprint density at radius 3 is 2.45 bits per heavy atom. The predicted octanol–water partition coefficient (Wildman–Crippen LogP) is 4.20. The van der Waals surface area contributed by atoms with Crippen LogP contribution in [0.3, 0.4) is 0 Å². The highest BCUT2D eigenvalue weighted by Crippen LogP contribution is 2.18. The number of hydrogen-bond acceptors (Lipinski definition) is 3. The first-order valence-electron chi connectivity index (χ1n) is 7.00. The molecule has 0 bridgehead atoms. The van der Waals surface area contributed by atoms with Crippen molar-refractivity contribution in [1.29, 1.82) is 0 Å². The maximum Gasteiger partial charge on any atom is 0.299 e. The highest BCUT2D eigenvalue weighted by Gasteiger charge is 2.12. The second-order valence-electron chi connectivity index (χ2n) is 5.10. The van der Waals surface area contributed by atoms with Gasteiger partial charge in [0.15, 0.2) is 5.69 Å². The fraction of sp³-hybridized carbons (Fsp3) is 0.118. The molecule has 3 aromatic rings. The number of aromatic nitrogens is 2. The van der Waals surface area contributed by atoms with E-state index in [-0.39, 0.29) is 5.56 Å². The molecule has 22 heavy (non-hydrogen) atoms. The number of aryl methyl sites for hydroxylation is 2. The summed E-state index contributed by atoms with van der Waals surface area (Å²) in [5.41, 5.74) is 3.39. The predicted molar refractivity (Wildman–Crippen MR) is 86.5 cm³/mol. The van der Waals surface area contributed by atoms with Crippen molar-refractivity contribution in [2.75, 3.05) is 0 Å². The lowest BCUT2D eigenvalue weighted by Crippen LogP contribution is -2.14. The zero-order valence-corrected chi connectivity index (χ0v) is 12.4. The molecule has 0 aliphatic heterocycles. The minimum absolute atomic E-state index is 0.206. The van der Waals surface area contributed by atoms with E-state index >= 15 is 0 Å². The standard InChI is InChI=1S/C17H16N4O/c1-12-7-6-10-15(11-12)21-17(22)16(13(2)20-21)19-18-14-8-4-3-5-9-14/h3-11,20H,1-2H3. The maximum absolute atomic E-state index is 12.5. The van der Waals surface area contributed by atoms with Crippen LogP contribution in [-0.2, 0) is 0 Å². The van der Waals surface area contributed by atoms with Gasteiger partial charge in [-0.1, -0.05) is 30.3 Å². The van der Waals surface area contributed by atoms with E-state index in [0.29, 0.717) is 17.1 Å². The number of aromatic amines is 1. The summed E-state index contributed by atoms with van der Waals surface area (Å²) < 4.78 is 1.49. The maximum atomic E-state index is 12.5. The van der Waals surface area contributed by atoms with Crippen LogP contribution < -0.4 is 5.56 Å². The summed E-state index contributed by atoms with van der Waals surface area (Å²) in [6.45, 7) is 3.80. The fourth-order valence-corrected chi connectivity index (χ4v) is 2.21. The number of azo groups is 1. The molecular weight excluding hydrogens is 276 g/mol. The average molecular weight is 292 g/mol. The molecule has 0 amide bonds. The molecule has 5 nitrogen and oxygen atoms in total. The Labute approximate surface area is 127 Å². The van der Waals surface area contributed by atoms with Crippen LogP contribution in [0.1, 0.15) is 11.3 Å². The number of rotatable bonds is 3. The Bertz CT molecular complexity index is 875. The quantitative estimate of drug-likeness (QED) is 0.722. The van der Waals surface area contributed by atoms with Crippen molar-refractivity contribution in [1.82, 2.24) is 9.78 Å². The van der Waals surface area contributed by atoms with Crippen molar-refractivity contribution in [3.8, 4) is 5.69 Å². The molecule has 0 unspecified atom stereocenters. The number of hydrogen-bond donors (Lipinski definition) is 1. The van der Waals surface area contributed by atoms with E-state index in [1.165, 1.54) is 4.68 Å². The molecule has 0 aliphatic carbocycles. The summed E-state index contributed by atoms with van der Waals surface area (Å²) >= 11 is 0. The number of nitrogens with one attached hydrogen (secondary N) is 1. The van der Waals surface area contributed by atoms with Gasteiger partial charge in [0.05, 0.1) is 17.1 Å². The van der Waals surface area contributed by atoms with Gasteiger partial charge in [0.2, 0.25) is 0 Å². The van der Waals surface area contributed by atoms with Crippen molar-refractivity contribution in [3.05, 3.63) is 76.2 Å². The van der Waals surface area contributed by atoms with Crippen LogP contribution in [0, 0.1) is 13.8 Å². The van der Waals surface area contributed by atoms with Gasteiger partial charge in [-0.05, 0) is 43.7 Å². The van der Waals surface area contributed by atoms with Crippen molar-refractivity contribution >= 4 is 11.4 Å². The lowest BCUT2D eigenvalue weighted by Gasteiger charge is -2.01. The molecule has 0 spiro atoms. The van der Waals surface area contributed by atoms with Crippen LogP contribution in [0.15, 0.2) is 69.6 Å². The summed E-state index contributed by atoms with van der Waals surface area (Å²) in [5, 5.41) is 11.3. The Balaban J connectivity index is 2.01. The molecule has 0 saturated carbocycles. The third kappa shape index (κ3) is 2.74. The van der Waals surface area contributed by atoms with E-state index in [0.717, 1.165) is 11.3 Å². The minimum Gasteiger partial charge on any atom is -0.293 e. The zero-order chi connectivity index (χ0) is 15.5. The van der Waals surface area contributed by atoms with Gasteiger partial charge < -0.3 is 0 Å². The summed E-state index contributed by atoms with van der Waals surface area (Å²) in [7, 11) is 0. The topological polar surface area (TPSA) is 62.5 Å². The lowest BCUT2D eigenvalue weighted by molar-refractivity contribution is 0.834. The normalized spacial score (nSPS) is 11.2. The van der Waals surface area contributed by atoms with E-state index in [1.54, 1.807) is 0 Å². The van der Waals surface area contributed by atoms with E-state index in [1.807, 2.05) is 68.4 Å². The molecule has 0 fully saturated rings. The third-order valence-corrected chi connectivity index (χ3v) is 3.32. The molecule has 3 rings (SSSR count). The lowest BCUT2D eigenvalue weighted by atomic mass is 10.2. The summed E-state index contributed by atoms with van der Waals surface area (Å²) in [6.07, 6.45) is 0. The van der Waals surface area contributed by atoms with Crippen molar-refractivity contribution < 1.29 is 0 Å². The minimum atomic E-state index is -0.206. The summed E-state index contributed by atoms with van der Waals surface area (Å²) in [5.74, 6) is 0. The van der Waals surface area contributed by atoms with Crippen molar-refractivity contribution in [2.24, 2.45) is 10.2 Å². The van der Waals surface area contributed by atoms with Gasteiger partial charge in [-0.2, -0.15) is 5.11 Å². The monoisotopic (exact) mass is 292 g/mol. The molecule has 1 aromatic heterocycles. The first kappa shape index (κ1) is 14.0. The molecule has 0 saturated heterocycles.